The van der Waals surface area contributed by atoms with E-state index in [0.717, 1.165) is 12.3 Å². The predicted molar refractivity (Wildman–Crippen MR) is 81.8 cm³/mol. The Morgan fingerprint density at radius 3 is 2.50 bits per heavy atom. The van der Waals surface area contributed by atoms with Gasteiger partial charge in [-0.15, -0.1) is 0 Å². The highest BCUT2D eigenvalue weighted by Gasteiger charge is 2.25. The summed E-state index contributed by atoms with van der Waals surface area (Å²) in [6.07, 6.45) is 2.55. The number of nitrogens with zero attached hydrogens (tertiary/aromatic N) is 1. The van der Waals surface area contributed by atoms with Crippen LogP contribution in [0, 0.1) is 0 Å². The van der Waals surface area contributed by atoms with E-state index in [1.165, 1.54) is 30.5 Å². The second-order valence-corrected chi connectivity index (χ2v) is 5.39. The summed E-state index contributed by atoms with van der Waals surface area (Å²) in [5.74, 6) is 0.926. The average Bonchev–Trinajstić information content (AvgIpc) is 2.97. The van der Waals surface area contributed by atoms with Crippen molar-refractivity contribution >= 4 is 0 Å². The largest absolute Gasteiger partial charge is 0.497 e. The fraction of sp³-hybridized carbons (Fsp3) is 0.333. The maximum absolute atomic E-state index is 5.22. The van der Waals surface area contributed by atoms with Crippen LogP contribution in [0.4, 0.5) is 0 Å². The van der Waals surface area contributed by atoms with Gasteiger partial charge in [-0.3, -0.25) is 4.90 Å². The van der Waals surface area contributed by atoms with Crippen LogP contribution in [0.3, 0.4) is 0 Å². The van der Waals surface area contributed by atoms with Crippen molar-refractivity contribution in [3.8, 4) is 5.75 Å². The molecule has 2 aromatic rings. The highest BCUT2D eigenvalue weighted by atomic mass is 16.5. The fourth-order valence-electron chi connectivity index (χ4n) is 3.03. The zero-order valence-electron chi connectivity index (χ0n) is 12.0. The van der Waals surface area contributed by atoms with Gasteiger partial charge in [-0.2, -0.15) is 0 Å². The molecule has 1 saturated heterocycles. The molecule has 1 fully saturated rings. The number of hydrogen-bond donors (Lipinski definition) is 0. The van der Waals surface area contributed by atoms with Crippen molar-refractivity contribution in [3.05, 3.63) is 65.7 Å². The maximum atomic E-state index is 5.22. The number of hydrogen-bond acceptors (Lipinski definition) is 2. The smallest absolute Gasteiger partial charge is 0.118 e. The molecule has 1 atom stereocenters. The van der Waals surface area contributed by atoms with Gasteiger partial charge in [0.2, 0.25) is 0 Å². The Morgan fingerprint density at radius 1 is 1.05 bits per heavy atom. The molecule has 0 spiro atoms. The third kappa shape index (κ3) is 2.86. The molecular formula is C18H21NO. The number of ether oxygens (including phenoxy) is 1. The second kappa shape index (κ2) is 6.10. The molecule has 1 aliphatic rings. The third-order valence-electron chi connectivity index (χ3n) is 4.09. The van der Waals surface area contributed by atoms with E-state index in [9.17, 15) is 0 Å². The van der Waals surface area contributed by atoms with Crippen LogP contribution in [0.15, 0.2) is 54.6 Å². The molecule has 3 rings (SSSR count). The minimum absolute atomic E-state index is 0.568. The van der Waals surface area contributed by atoms with Crippen molar-refractivity contribution in [2.24, 2.45) is 0 Å². The van der Waals surface area contributed by atoms with Gasteiger partial charge in [-0.1, -0.05) is 42.5 Å². The molecule has 1 unspecified atom stereocenters. The Kier molecular flexibility index (Phi) is 4.03. The Hall–Kier alpha value is -1.80. The fourth-order valence-corrected chi connectivity index (χ4v) is 3.03. The molecule has 0 radical (unpaired) electrons. The van der Waals surface area contributed by atoms with Crippen molar-refractivity contribution < 1.29 is 4.74 Å². The molecule has 0 bridgehead atoms. The predicted octanol–water partition coefficient (Wildman–Crippen LogP) is 4.03. The SMILES string of the molecule is COc1ccc(CN2CCCC2c2ccccc2)cc1. The molecule has 20 heavy (non-hydrogen) atoms. The molecule has 2 aromatic carbocycles. The van der Waals surface area contributed by atoms with Crippen molar-refractivity contribution in [3.63, 3.8) is 0 Å². The number of rotatable bonds is 4. The molecular weight excluding hydrogens is 246 g/mol. The van der Waals surface area contributed by atoms with Crippen molar-refractivity contribution in [1.29, 1.82) is 0 Å². The van der Waals surface area contributed by atoms with Crippen molar-refractivity contribution in [2.45, 2.75) is 25.4 Å². The Bertz CT molecular complexity index is 535. The van der Waals surface area contributed by atoms with Crippen molar-refractivity contribution in [2.75, 3.05) is 13.7 Å². The highest BCUT2D eigenvalue weighted by molar-refractivity contribution is 5.27. The van der Waals surface area contributed by atoms with Crippen LogP contribution in [0.2, 0.25) is 0 Å². The Morgan fingerprint density at radius 2 is 1.80 bits per heavy atom. The van der Waals surface area contributed by atoms with E-state index < -0.39 is 0 Å². The lowest BCUT2D eigenvalue weighted by atomic mass is 10.0. The monoisotopic (exact) mass is 267 g/mol. The first-order valence-corrected chi connectivity index (χ1v) is 7.29. The summed E-state index contributed by atoms with van der Waals surface area (Å²) < 4.78 is 5.22. The first kappa shape index (κ1) is 13.2. The summed E-state index contributed by atoms with van der Waals surface area (Å²) in [5, 5.41) is 0. The van der Waals surface area contributed by atoms with Crippen LogP contribution in [0.1, 0.15) is 30.0 Å². The summed E-state index contributed by atoms with van der Waals surface area (Å²) in [7, 11) is 1.71. The molecule has 0 aromatic heterocycles. The lowest BCUT2D eigenvalue weighted by Gasteiger charge is -2.25. The summed E-state index contributed by atoms with van der Waals surface area (Å²) in [6, 6.07) is 19.8. The molecule has 2 heteroatoms. The van der Waals surface area contributed by atoms with E-state index in [1.54, 1.807) is 7.11 Å². The third-order valence-corrected chi connectivity index (χ3v) is 4.09. The van der Waals surface area contributed by atoms with Crippen LogP contribution in [-0.4, -0.2) is 18.6 Å². The quantitative estimate of drug-likeness (QED) is 0.829. The number of likely N-dealkylation sites (tertiary alicyclic amines) is 1. The highest BCUT2D eigenvalue weighted by Crippen LogP contribution is 2.33. The average molecular weight is 267 g/mol. The minimum Gasteiger partial charge on any atom is -0.497 e. The van der Waals surface area contributed by atoms with E-state index in [-0.39, 0.29) is 0 Å². The Balaban J connectivity index is 1.72. The van der Waals surface area contributed by atoms with Crippen LogP contribution >= 0.6 is 0 Å². The van der Waals surface area contributed by atoms with Crippen LogP contribution in [0.25, 0.3) is 0 Å². The standard InChI is InChI=1S/C18H21NO/c1-20-17-11-9-15(10-12-17)14-19-13-5-8-18(19)16-6-3-2-4-7-16/h2-4,6-7,9-12,18H,5,8,13-14H2,1H3. The van der Waals surface area contributed by atoms with Gasteiger partial charge < -0.3 is 4.74 Å². The summed E-state index contributed by atoms with van der Waals surface area (Å²) in [6.45, 7) is 2.20. The zero-order valence-corrected chi connectivity index (χ0v) is 12.0. The molecule has 1 aliphatic heterocycles. The van der Waals surface area contributed by atoms with Crippen LogP contribution < -0.4 is 4.74 Å². The van der Waals surface area contributed by atoms with Gasteiger partial charge in [-0.05, 0) is 42.6 Å². The topological polar surface area (TPSA) is 12.5 Å². The maximum Gasteiger partial charge on any atom is 0.118 e. The van der Waals surface area contributed by atoms with E-state index >= 15 is 0 Å². The Labute approximate surface area is 121 Å². The minimum atomic E-state index is 0.568. The van der Waals surface area contributed by atoms with Gasteiger partial charge in [-0.25, -0.2) is 0 Å². The van der Waals surface area contributed by atoms with E-state index in [4.69, 9.17) is 4.74 Å². The summed E-state index contributed by atoms with van der Waals surface area (Å²) in [4.78, 5) is 2.58. The van der Waals surface area contributed by atoms with E-state index in [2.05, 4.69) is 47.4 Å². The van der Waals surface area contributed by atoms with Gasteiger partial charge in [0.25, 0.3) is 0 Å². The van der Waals surface area contributed by atoms with Gasteiger partial charge in [0.1, 0.15) is 5.75 Å². The number of methoxy groups -OCH3 is 1. The second-order valence-electron chi connectivity index (χ2n) is 5.39. The van der Waals surface area contributed by atoms with Crippen LogP contribution in [-0.2, 0) is 6.54 Å². The van der Waals surface area contributed by atoms with Gasteiger partial charge in [0, 0.05) is 12.6 Å². The molecule has 1 heterocycles. The van der Waals surface area contributed by atoms with Gasteiger partial charge in [0.05, 0.1) is 7.11 Å². The summed E-state index contributed by atoms with van der Waals surface area (Å²) >= 11 is 0. The van der Waals surface area contributed by atoms with Gasteiger partial charge in [0.15, 0.2) is 0 Å². The lowest BCUT2D eigenvalue weighted by molar-refractivity contribution is 0.248. The molecule has 0 amide bonds. The van der Waals surface area contributed by atoms with Gasteiger partial charge >= 0.3 is 0 Å². The lowest BCUT2D eigenvalue weighted by Crippen LogP contribution is -2.22. The number of benzene rings is 2. The molecule has 0 saturated carbocycles. The molecule has 104 valence electrons. The van der Waals surface area contributed by atoms with E-state index in [0.29, 0.717) is 6.04 Å². The molecule has 2 nitrogen and oxygen atoms in total. The zero-order chi connectivity index (χ0) is 13.8. The van der Waals surface area contributed by atoms with Crippen LogP contribution in [0.5, 0.6) is 5.75 Å². The van der Waals surface area contributed by atoms with Crippen molar-refractivity contribution in [1.82, 2.24) is 4.90 Å². The first-order valence-electron chi connectivity index (χ1n) is 7.29. The molecule has 0 aliphatic carbocycles. The normalized spacial score (nSPS) is 19.1. The first-order chi connectivity index (χ1) is 9.86. The molecule has 0 N–H and O–H groups in total. The summed E-state index contributed by atoms with van der Waals surface area (Å²) in [5.41, 5.74) is 2.80. The van der Waals surface area contributed by atoms with E-state index in [1.807, 2.05) is 12.1 Å².